The van der Waals surface area contributed by atoms with Crippen LogP contribution in [0.25, 0.3) is 0 Å². The fraction of sp³-hybridized carbons (Fsp3) is 0.389. The van der Waals surface area contributed by atoms with Crippen LogP contribution in [0.1, 0.15) is 26.0 Å². The van der Waals surface area contributed by atoms with Crippen LogP contribution in [0.3, 0.4) is 0 Å². The average Bonchev–Trinajstić information content (AvgIpc) is 3.00. The highest BCUT2D eigenvalue weighted by molar-refractivity contribution is 6.43. The Bertz CT molecular complexity index is 808. The summed E-state index contributed by atoms with van der Waals surface area (Å²) >= 11 is 12.1. The number of urea groups is 1. The highest BCUT2D eigenvalue weighted by atomic mass is 35.5. The molecule has 0 aliphatic carbocycles. The van der Waals surface area contributed by atoms with Gasteiger partial charge in [-0.05, 0) is 31.4 Å². The summed E-state index contributed by atoms with van der Waals surface area (Å²) in [5.41, 5.74) is 0.385. The van der Waals surface area contributed by atoms with E-state index in [1.54, 1.807) is 31.2 Å². The number of anilines is 2. The van der Waals surface area contributed by atoms with E-state index in [-0.39, 0.29) is 17.5 Å². The topological polar surface area (TPSA) is 87.5 Å². The number of carbonyl (C=O) groups excluding carboxylic acids is 2. The monoisotopic (exact) mass is 412 g/mol. The third-order valence-electron chi connectivity index (χ3n) is 3.69. The summed E-state index contributed by atoms with van der Waals surface area (Å²) in [4.78, 5) is 26.4. The lowest BCUT2D eigenvalue weighted by molar-refractivity contribution is -0.116. The van der Waals surface area contributed by atoms with Gasteiger partial charge >= 0.3 is 6.03 Å². The molecular formula is C18H22Cl2N4O3. The van der Waals surface area contributed by atoms with Crippen LogP contribution in [0.15, 0.2) is 28.8 Å². The van der Waals surface area contributed by atoms with Gasteiger partial charge in [0.2, 0.25) is 5.91 Å². The van der Waals surface area contributed by atoms with Crippen LogP contribution in [0.2, 0.25) is 10.0 Å². The Morgan fingerprint density at radius 1 is 1.26 bits per heavy atom. The number of nitrogens with one attached hydrogen (secondary N) is 2. The Morgan fingerprint density at radius 3 is 2.63 bits per heavy atom. The third kappa shape index (κ3) is 6.45. The van der Waals surface area contributed by atoms with Crippen LogP contribution in [0.5, 0.6) is 0 Å². The Morgan fingerprint density at radius 2 is 2.00 bits per heavy atom. The number of rotatable bonds is 7. The number of nitrogens with zero attached hydrogens (tertiary/aromatic N) is 2. The van der Waals surface area contributed by atoms with Gasteiger partial charge in [0.25, 0.3) is 0 Å². The normalized spacial score (nSPS) is 10.7. The zero-order chi connectivity index (χ0) is 20.0. The molecule has 1 aromatic carbocycles. The van der Waals surface area contributed by atoms with Crippen LogP contribution in [0, 0.1) is 12.8 Å². The Kier molecular flexibility index (Phi) is 7.50. The van der Waals surface area contributed by atoms with Crippen molar-refractivity contribution >= 4 is 46.6 Å². The van der Waals surface area contributed by atoms with Crippen LogP contribution in [-0.2, 0) is 4.79 Å². The molecule has 2 rings (SSSR count). The maximum atomic E-state index is 12.7. The molecule has 7 nitrogen and oxygen atoms in total. The van der Waals surface area contributed by atoms with E-state index < -0.39 is 6.03 Å². The summed E-state index contributed by atoms with van der Waals surface area (Å²) in [5, 5.41) is 9.61. The molecule has 3 amide bonds. The van der Waals surface area contributed by atoms with Crippen molar-refractivity contribution in [3.8, 4) is 0 Å². The molecule has 27 heavy (non-hydrogen) atoms. The zero-order valence-electron chi connectivity index (χ0n) is 15.4. The Hall–Kier alpha value is -2.25. The van der Waals surface area contributed by atoms with Crippen molar-refractivity contribution in [3.63, 3.8) is 0 Å². The van der Waals surface area contributed by atoms with Gasteiger partial charge in [-0.15, -0.1) is 0 Å². The van der Waals surface area contributed by atoms with E-state index in [4.69, 9.17) is 27.7 Å². The standard InChI is InChI=1S/C18H22Cl2N4O3/c1-11(2)7-8-24(10-16(25)22-15-9-12(3)27-23-15)18(26)21-14-6-4-5-13(19)17(14)20/h4-6,9,11H,7-8,10H2,1-3H3,(H,21,26)(H,22,23,25). The molecule has 2 aromatic rings. The fourth-order valence-electron chi connectivity index (χ4n) is 2.24. The minimum atomic E-state index is -0.439. The predicted molar refractivity (Wildman–Crippen MR) is 106 cm³/mol. The van der Waals surface area contributed by atoms with Crippen LogP contribution >= 0.6 is 23.2 Å². The van der Waals surface area contributed by atoms with E-state index in [1.165, 1.54) is 4.90 Å². The number of hydrogen-bond acceptors (Lipinski definition) is 4. The minimum Gasteiger partial charge on any atom is -0.360 e. The molecule has 0 saturated heterocycles. The molecule has 0 spiro atoms. The third-order valence-corrected chi connectivity index (χ3v) is 4.51. The van der Waals surface area contributed by atoms with Gasteiger partial charge in [0, 0.05) is 12.6 Å². The zero-order valence-corrected chi connectivity index (χ0v) is 16.9. The Labute approximate surface area is 168 Å². The summed E-state index contributed by atoms with van der Waals surface area (Å²) in [6.07, 6.45) is 0.743. The molecule has 0 aliphatic heterocycles. The molecule has 146 valence electrons. The summed E-state index contributed by atoms with van der Waals surface area (Å²) in [6.45, 7) is 6.08. The highest BCUT2D eigenvalue weighted by Crippen LogP contribution is 2.29. The molecule has 2 N–H and O–H groups in total. The molecule has 1 aromatic heterocycles. The maximum Gasteiger partial charge on any atom is 0.322 e. The van der Waals surface area contributed by atoms with Crippen LogP contribution < -0.4 is 10.6 Å². The summed E-state index contributed by atoms with van der Waals surface area (Å²) in [7, 11) is 0. The van der Waals surface area contributed by atoms with E-state index in [0.717, 1.165) is 6.42 Å². The lowest BCUT2D eigenvalue weighted by Gasteiger charge is -2.23. The molecule has 0 bridgehead atoms. The van der Waals surface area contributed by atoms with E-state index in [1.807, 2.05) is 13.8 Å². The van der Waals surface area contributed by atoms with Crippen molar-refractivity contribution < 1.29 is 14.1 Å². The van der Waals surface area contributed by atoms with Crippen molar-refractivity contribution in [1.82, 2.24) is 10.1 Å². The van der Waals surface area contributed by atoms with Crippen molar-refractivity contribution in [3.05, 3.63) is 40.1 Å². The first kappa shape index (κ1) is 21.1. The van der Waals surface area contributed by atoms with Gasteiger partial charge in [-0.1, -0.05) is 48.3 Å². The Balaban J connectivity index is 2.06. The maximum absolute atomic E-state index is 12.7. The summed E-state index contributed by atoms with van der Waals surface area (Å²) < 4.78 is 4.92. The van der Waals surface area contributed by atoms with Crippen LogP contribution in [-0.4, -0.2) is 35.1 Å². The first-order chi connectivity index (χ1) is 12.8. The van der Waals surface area contributed by atoms with E-state index in [9.17, 15) is 9.59 Å². The SMILES string of the molecule is Cc1cc(NC(=O)CN(CCC(C)C)C(=O)Nc2cccc(Cl)c2Cl)no1. The van der Waals surface area contributed by atoms with Crippen molar-refractivity contribution in [2.24, 2.45) is 5.92 Å². The fourth-order valence-corrected chi connectivity index (χ4v) is 2.59. The molecule has 0 saturated carbocycles. The van der Waals surface area contributed by atoms with Crippen molar-refractivity contribution in [2.75, 3.05) is 23.7 Å². The smallest absolute Gasteiger partial charge is 0.322 e. The molecular weight excluding hydrogens is 391 g/mol. The second-order valence-corrected chi connectivity index (χ2v) is 7.29. The van der Waals surface area contributed by atoms with Crippen molar-refractivity contribution in [2.45, 2.75) is 27.2 Å². The van der Waals surface area contributed by atoms with Gasteiger partial charge in [0.15, 0.2) is 5.82 Å². The number of benzene rings is 1. The van der Waals surface area contributed by atoms with Gasteiger partial charge in [-0.25, -0.2) is 4.79 Å². The second-order valence-electron chi connectivity index (χ2n) is 6.51. The first-order valence-corrected chi connectivity index (χ1v) is 9.25. The predicted octanol–water partition coefficient (Wildman–Crippen LogP) is 4.81. The van der Waals surface area contributed by atoms with Gasteiger partial charge < -0.3 is 20.1 Å². The molecule has 0 aliphatic rings. The molecule has 0 fully saturated rings. The minimum absolute atomic E-state index is 0.136. The number of aromatic nitrogens is 1. The van der Waals surface area contributed by atoms with E-state index in [0.29, 0.717) is 34.8 Å². The lowest BCUT2D eigenvalue weighted by atomic mass is 10.1. The van der Waals surface area contributed by atoms with E-state index >= 15 is 0 Å². The molecule has 0 unspecified atom stereocenters. The van der Waals surface area contributed by atoms with Crippen LogP contribution in [0.4, 0.5) is 16.3 Å². The average molecular weight is 413 g/mol. The number of carbonyl (C=O) groups is 2. The number of amides is 3. The molecule has 0 atom stereocenters. The number of hydrogen-bond donors (Lipinski definition) is 2. The van der Waals surface area contributed by atoms with Crippen molar-refractivity contribution in [1.29, 1.82) is 0 Å². The summed E-state index contributed by atoms with van der Waals surface area (Å²) in [6, 6.07) is 6.12. The van der Waals surface area contributed by atoms with Gasteiger partial charge in [0.1, 0.15) is 12.3 Å². The number of halogens is 2. The second kappa shape index (κ2) is 9.62. The molecule has 9 heteroatoms. The quantitative estimate of drug-likeness (QED) is 0.682. The first-order valence-electron chi connectivity index (χ1n) is 8.49. The van der Waals surface area contributed by atoms with Gasteiger partial charge in [-0.3, -0.25) is 4.79 Å². The van der Waals surface area contributed by atoms with E-state index in [2.05, 4.69) is 15.8 Å². The lowest BCUT2D eigenvalue weighted by Crippen LogP contribution is -2.41. The highest BCUT2D eigenvalue weighted by Gasteiger charge is 2.19. The molecule has 0 radical (unpaired) electrons. The molecule has 1 heterocycles. The van der Waals surface area contributed by atoms with Gasteiger partial charge in [0.05, 0.1) is 15.7 Å². The largest absolute Gasteiger partial charge is 0.360 e. The number of aryl methyl sites for hydroxylation is 1. The summed E-state index contributed by atoms with van der Waals surface area (Å²) in [5.74, 6) is 0.880. The van der Waals surface area contributed by atoms with Gasteiger partial charge in [-0.2, -0.15) is 0 Å².